The standard InChI is InChI=1S/C26H33N3O7S/c1-16-23(25(31)36-11-10-32-2)24(20-8-7-18(33-3)13-21(20)34-4)29-17(15-37-26(29)28-16)12-22(30)27-14-19-6-5-9-35-19/h7-8,13,15,19,24H,5-6,9-12,14H2,1-4H3,(H,27,30). The second kappa shape index (κ2) is 12.5. The van der Waals surface area contributed by atoms with Crippen molar-refractivity contribution in [1.29, 1.82) is 0 Å². The zero-order valence-electron chi connectivity index (χ0n) is 21.6. The molecule has 1 aromatic rings. The number of amidine groups is 1. The molecule has 1 aromatic carbocycles. The summed E-state index contributed by atoms with van der Waals surface area (Å²) in [5.74, 6) is 0.536. The number of ether oxygens (including phenoxy) is 5. The van der Waals surface area contributed by atoms with Gasteiger partial charge in [-0.1, -0.05) is 11.8 Å². The molecule has 1 amide bonds. The minimum atomic E-state index is -0.615. The van der Waals surface area contributed by atoms with Crippen LogP contribution >= 0.6 is 11.8 Å². The zero-order chi connectivity index (χ0) is 26.4. The highest BCUT2D eigenvalue weighted by Crippen LogP contribution is 2.47. The molecule has 1 N–H and O–H groups in total. The Morgan fingerprint density at radius 1 is 1.22 bits per heavy atom. The van der Waals surface area contributed by atoms with Crippen LogP contribution in [-0.2, 0) is 23.8 Å². The van der Waals surface area contributed by atoms with Crippen molar-refractivity contribution in [2.75, 3.05) is 47.7 Å². The Balaban J connectivity index is 1.65. The largest absolute Gasteiger partial charge is 0.497 e. The molecule has 2 unspecified atom stereocenters. The molecule has 1 fully saturated rings. The first kappa shape index (κ1) is 27.0. The molecular weight excluding hydrogens is 498 g/mol. The van der Waals surface area contributed by atoms with E-state index in [0.717, 1.165) is 30.7 Å². The van der Waals surface area contributed by atoms with E-state index in [9.17, 15) is 9.59 Å². The first-order chi connectivity index (χ1) is 18.0. The van der Waals surface area contributed by atoms with Crippen molar-refractivity contribution < 1.29 is 33.3 Å². The van der Waals surface area contributed by atoms with Crippen LogP contribution in [-0.4, -0.2) is 75.7 Å². The van der Waals surface area contributed by atoms with Gasteiger partial charge in [-0.25, -0.2) is 9.79 Å². The number of hydrogen-bond donors (Lipinski definition) is 1. The molecule has 0 aromatic heterocycles. The monoisotopic (exact) mass is 531 g/mol. The quantitative estimate of drug-likeness (QED) is 0.340. The Hall–Kier alpha value is -3.02. The lowest BCUT2D eigenvalue weighted by atomic mass is 9.93. The van der Waals surface area contributed by atoms with E-state index in [4.69, 9.17) is 28.7 Å². The number of fused-ring (bicyclic) bond motifs is 1. The summed E-state index contributed by atoms with van der Waals surface area (Å²) in [6.45, 7) is 3.38. The number of methoxy groups -OCH3 is 3. The molecule has 0 bridgehead atoms. The molecular formula is C26H33N3O7S. The van der Waals surface area contributed by atoms with Crippen LogP contribution < -0.4 is 14.8 Å². The fourth-order valence-corrected chi connectivity index (χ4v) is 5.49. The number of carbonyl (C=O) groups is 2. The van der Waals surface area contributed by atoms with Gasteiger partial charge >= 0.3 is 5.97 Å². The number of esters is 1. The third kappa shape index (κ3) is 6.11. The molecule has 2 atom stereocenters. The van der Waals surface area contributed by atoms with Gasteiger partial charge in [0, 0.05) is 37.6 Å². The molecule has 0 saturated carbocycles. The second-order valence-electron chi connectivity index (χ2n) is 8.75. The topological polar surface area (TPSA) is 108 Å². The Bertz CT molecular complexity index is 1110. The van der Waals surface area contributed by atoms with Crippen LogP contribution in [0.15, 0.2) is 45.6 Å². The normalized spacial score (nSPS) is 20.8. The second-order valence-corrected chi connectivity index (χ2v) is 9.58. The van der Waals surface area contributed by atoms with Crippen molar-refractivity contribution >= 4 is 28.8 Å². The van der Waals surface area contributed by atoms with Gasteiger partial charge in [-0.3, -0.25) is 4.79 Å². The molecule has 37 heavy (non-hydrogen) atoms. The van der Waals surface area contributed by atoms with Gasteiger partial charge in [-0.05, 0) is 37.3 Å². The molecule has 0 radical (unpaired) electrons. The van der Waals surface area contributed by atoms with Crippen molar-refractivity contribution in [3.8, 4) is 11.5 Å². The van der Waals surface area contributed by atoms with Crippen LogP contribution in [0.4, 0.5) is 0 Å². The lowest BCUT2D eigenvalue weighted by Crippen LogP contribution is -2.39. The van der Waals surface area contributed by atoms with E-state index < -0.39 is 12.0 Å². The number of rotatable bonds is 11. The summed E-state index contributed by atoms with van der Waals surface area (Å²) in [6, 6.07) is 4.83. The predicted octanol–water partition coefficient (Wildman–Crippen LogP) is 3.15. The van der Waals surface area contributed by atoms with Gasteiger partial charge in [-0.2, -0.15) is 0 Å². The number of nitrogens with zero attached hydrogens (tertiary/aromatic N) is 2. The zero-order valence-corrected chi connectivity index (χ0v) is 22.4. The van der Waals surface area contributed by atoms with Crippen molar-refractivity contribution in [2.24, 2.45) is 4.99 Å². The highest BCUT2D eigenvalue weighted by Gasteiger charge is 2.42. The number of nitrogens with one attached hydrogen (secondary N) is 1. The van der Waals surface area contributed by atoms with Crippen LogP contribution in [0.25, 0.3) is 0 Å². The molecule has 200 valence electrons. The minimum Gasteiger partial charge on any atom is -0.497 e. The van der Waals surface area contributed by atoms with Crippen molar-refractivity contribution in [3.63, 3.8) is 0 Å². The van der Waals surface area contributed by atoms with Crippen molar-refractivity contribution in [2.45, 2.75) is 38.3 Å². The summed E-state index contributed by atoms with van der Waals surface area (Å²) in [4.78, 5) is 32.8. The van der Waals surface area contributed by atoms with Gasteiger partial charge in [0.1, 0.15) is 18.1 Å². The molecule has 0 spiro atoms. The summed E-state index contributed by atoms with van der Waals surface area (Å²) in [6.07, 6.45) is 2.13. The molecule has 3 heterocycles. The fraction of sp³-hybridized carbons (Fsp3) is 0.500. The van der Waals surface area contributed by atoms with E-state index in [-0.39, 0.29) is 31.6 Å². The molecule has 3 aliphatic rings. The lowest BCUT2D eigenvalue weighted by Gasteiger charge is -2.36. The summed E-state index contributed by atoms with van der Waals surface area (Å²) >= 11 is 1.42. The van der Waals surface area contributed by atoms with E-state index in [1.54, 1.807) is 34.3 Å². The third-order valence-electron chi connectivity index (χ3n) is 6.37. The Kier molecular flexibility index (Phi) is 9.12. The van der Waals surface area contributed by atoms with E-state index in [2.05, 4.69) is 5.32 Å². The van der Waals surface area contributed by atoms with Gasteiger partial charge in [0.05, 0.1) is 50.7 Å². The number of aliphatic imine (C=N–C) groups is 1. The van der Waals surface area contributed by atoms with Crippen LogP contribution in [0.3, 0.4) is 0 Å². The van der Waals surface area contributed by atoms with Gasteiger partial charge in [0.15, 0.2) is 5.17 Å². The minimum absolute atomic E-state index is 0.0540. The summed E-state index contributed by atoms with van der Waals surface area (Å²) < 4.78 is 27.3. The SMILES string of the molecule is COCCOC(=O)C1=C(C)N=C2SC=C(CC(=O)NCC3CCCO3)N2C1c1ccc(OC)cc1OC. The number of thioether (sulfide) groups is 1. The molecule has 4 rings (SSSR count). The number of hydrogen-bond acceptors (Lipinski definition) is 10. The maximum Gasteiger partial charge on any atom is 0.338 e. The number of benzene rings is 1. The number of carbonyl (C=O) groups excluding carboxylic acids is 2. The maximum absolute atomic E-state index is 13.3. The van der Waals surface area contributed by atoms with Crippen LogP contribution in [0, 0.1) is 0 Å². The lowest BCUT2D eigenvalue weighted by molar-refractivity contribution is -0.141. The van der Waals surface area contributed by atoms with Crippen LogP contribution in [0.5, 0.6) is 11.5 Å². The van der Waals surface area contributed by atoms with Crippen molar-refractivity contribution in [1.82, 2.24) is 10.2 Å². The molecule has 3 aliphatic heterocycles. The summed E-state index contributed by atoms with van der Waals surface area (Å²) in [5, 5.41) is 5.56. The number of amides is 1. The summed E-state index contributed by atoms with van der Waals surface area (Å²) in [5.41, 5.74) is 2.37. The Morgan fingerprint density at radius 2 is 2.05 bits per heavy atom. The maximum atomic E-state index is 13.3. The van der Waals surface area contributed by atoms with Gasteiger partial charge in [0.25, 0.3) is 0 Å². The van der Waals surface area contributed by atoms with Gasteiger partial charge in [-0.15, -0.1) is 0 Å². The first-order valence-electron chi connectivity index (χ1n) is 12.2. The summed E-state index contributed by atoms with van der Waals surface area (Å²) in [7, 11) is 4.69. The van der Waals surface area contributed by atoms with Crippen molar-refractivity contribution in [3.05, 3.63) is 46.1 Å². The molecule has 0 aliphatic carbocycles. The average molecular weight is 532 g/mol. The molecule has 1 saturated heterocycles. The molecule has 10 nitrogen and oxygen atoms in total. The van der Waals surface area contributed by atoms with Crippen LogP contribution in [0.2, 0.25) is 0 Å². The molecule has 11 heteroatoms. The fourth-order valence-electron chi connectivity index (χ4n) is 4.52. The highest BCUT2D eigenvalue weighted by atomic mass is 32.2. The average Bonchev–Trinajstić information content (AvgIpc) is 3.56. The van der Waals surface area contributed by atoms with E-state index in [1.165, 1.54) is 11.8 Å². The van der Waals surface area contributed by atoms with E-state index in [1.807, 2.05) is 22.4 Å². The predicted molar refractivity (Wildman–Crippen MR) is 139 cm³/mol. The van der Waals surface area contributed by atoms with E-state index in [0.29, 0.717) is 34.5 Å². The smallest absolute Gasteiger partial charge is 0.338 e. The number of allylic oxidation sites excluding steroid dienone is 1. The Labute approximate surface area is 221 Å². The van der Waals surface area contributed by atoms with E-state index >= 15 is 0 Å². The van der Waals surface area contributed by atoms with Crippen LogP contribution in [0.1, 0.15) is 37.8 Å². The first-order valence-corrected chi connectivity index (χ1v) is 13.1. The van der Waals surface area contributed by atoms with Gasteiger partial charge < -0.3 is 33.9 Å². The highest BCUT2D eigenvalue weighted by molar-refractivity contribution is 8.16. The third-order valence-corrected chi connectivity index (χ3v) is 7.26. The van der Waals surface area contributed by atoms with Gasteiger partial charge in [0.2, 0.25) is 5.91 Å². The Morgan fingerprint density at radius 3 is 2.76 bits per heavy atom.